The van der Waals surface area contributed by atoms with E-state index in [1.807, 2.05) is 0 Å². The molecule has 0 saturated heterocycles. The van der Waals surface area contributed by atoms with Crippen molar-refractivity contribution < 1.29 is 28.6 Å². The summed E-state index contributed by atoms with van der Waals surface area (Å²) in [6.45, 7) is 0. The number of carbonyl (C=O) groups is 2. The molecule has 23 heavy (non-hydrogen) atoms. The number of rotatable bonds is 5. The molecule has 120 valence electrons. The van der Waals surface area contributed by atoms with Crippen LogP contribution in [0.4, 0.5) is 11.4 Å². The normalized spacial score (nSPS) is 11.1. The minimum atomic E-state index is -0.932. The SMILES string of the molecule is COC(=O)/C=C(/Nc1c([N+](=O)[O-])ccc2nonc12)C(=O)OC. The van der Waals surface area contributed by atoms with E-state index in [1.165, 1.54) is 6.07 Å². The second-order valence-corrected chi connectivity index (χ2v) is 4.05. The van der Waals surface area contributed by atoms with Crippen LogP contribution >= 0.6 is 0 Å². The van der Waals surface area contributed by atoms with Gasteiger partial charge in [-0.15, -0.1) is 0 Å². The summed E-state index contributed by atoms with van der Waals surface area (Å²) in [5.74, 6) is -1.79. The molecule has 0 amide bonds. The molecule has 0 radical (unpaired) electrons. The Morgan fingerprint density at radius 3 is 2.65 bits per heavy atom. The third-order valence-corrected chi connectivity index (χ3v) is 2.73. The van der Waals surface area contributed by atoms with Crippen LogP contribution in [0.1, 0.15) is 0 Å². The largest absolute Gasteiger partial charge is 0.466 e. The van der Waals surface area contributed by atoms with Crippen LogP contribution in [0.3, 0.4) is 0 Å². The number of nitrogens with one attached hydrogen (secondary N) is 1. The molecule has 0 aliphatic heterocycles. The summed E-state index contributed by atoms with van der Waals surface area (Å²) in [6.07, 6.45) is 0.794. The number of fused-ring (bicyclic) bond motifs is 1. The molecule has 1 aromatic carbocycles. The number of carbonyl (C=O) groups excluding carboxylic acids is 2. The molecule has 1 heterocycles. The number of esters is 2. The number of hydrogen-bond acceptors (Lipinski definition) is 10. The molecule has 2 rings (SSSR count). The van der Waals surface area contributed by atoms with Crippen LogP contribution in [0.25, 0.3) is 11.0 Å². The fraction of sp³-hybridized carbons (Fsp3) is 0.167. The molecule has 0 unspecified atom stereocenters. The predicted octanol–water partition coefficient (Wildman–Crippen LogP) is 0.773. The standard InChI is InChI=1S/C12H10N4O7/c1-21-9(17)5-7(12(18)22-2)13-11-8(16(19)20)4-3-6-10(11)15-23-14-6/h3-5,13H,1-2H3/b7-5+. The van der Waals surface area contributed by atoms with Crippen molar-refractivity contribution in [3.63, 3.8) is 0 Å². The van der Waals surface area contributed by atoms with Gasteiger partial charge in [0.05, 0.1) is 25.2 Å². The first kappa shape index (κ1) is 15.9. The number of methoxy groups -OCH3 is 2. The fourth-order valence-electron chi connectivity index (χ4n) is 1.68. The van der Waals surface area contributed by atoms with Gasteiger partial charge in [-0.1, -0.05) is 0 Å². The zero-order valence-corrected chi connectivity index (χ0v) is 11.9. The number of ether oxygens (including phenoxy) is 2. The van der Waals surface area contributed by atoms with E-state index in [4.69, 9.17) is 0 Å². The zero-order valence-electron chi connectivity index (χ0n) is 11.9. The van der Waals surface area contributed by atoms with Crippen molar-refractivity contribution in [3.8, 4) is 0 Å². The van der Waals surface area contributed by atoms with E-state index < -0.39 is 22.5 Å². The zero-order chi connectivity index (χ0) is 17.0. The Labute approximate surface area is 128 Å². The second kappa shape index (κ2) is 6.51. The predicted molar refractivity (Wildman–Crippen MR) is 74.2 cm³/mol. The lowest BCUT2D eigenvalue weighted by molar-refractivity contribution is -0.383. The highest BCUT2D eigenvalue weighted by atomic mass is 16.6. The first-order valence-electron chi connectivity index (χ1n) is 6.02. The highest BCUT2D eigenvalue weighted by Gasteiger charge is 2.24. The summed E-state index contributed by atoms with van der Waals surface area (Å²) in [6, 6.07) is 2.49. The molecule has 0 bridgehead atoms. The van der Waals surface area contributed by atoms with Gasteiger partial charge >= 0.3 is 11.9 Å². The number of nitro groups is 1. The lowest BCUT2D eigenvalue weighted by Crippen LogP contribution is -2.16. The van der Waals surface area contributed by atoms with Gasteiger partial charge in [0, 0.05) is 6.07 Å². The number of benzene rings is 1. The average molecular weight is 322 g/mol. The minimum Gasteiger partial charge on any atom is -0.466 e. The third kappa shape index (κ3) is 3.23. The smallest absolute Gasteiger partial charge is 0.354 e. The Bertz CT molecular complexity index is 811. The molecule has 0 atom stereocenters. The van der Waals surface area contributed by atoms with Gasteiger partial charge in [0.15, 0.2) is 5.52 Å². The van der Waals surface area contributed by atoms with Gasteiger partial charge in [0.25, 0.3) is 5.69 Å². The lowest BCUT2D eigenvalue weighted by atomic mass is 10.2. The molecule has 11 heteroatoms. The van der Waals surface area contributed by atoms with Crippen LogP contribution in [0.5, 0.6) is 0 Å². The minimum absolute atomic E-state index is 0.0128. The van der Waals surface area contributed by atoms with Gasteiger partial charge in [0.1, 0.15) is 16.9 Å². The maximum atomic E-state index is 11.7. The van der Waals surface area contributed by atoms with Crippen LogP contribution in [-0.4, -0.2) is 41.4 Å². The van der Waals surface area contributed by atoms with Crippen molar-refractivity contribution in [2.45, 2.75) is 0 Å². The molecule has 0 saturated carbocycles. The molecular formula is C12H10N4O7. The molecule has 0 aliphatic carbocycles. The molecule has 2 aromatic rings. The van der Waals surface area contributed by atoms with E-state index in [9.17, 15) is 19.7 Å². The third-order valence-electron chi connectivity index (χ3n) is 2.73. The highest BCUT2D eigenvalue weighted by Crippen LogP contribution is 2.32. The molecule has 1 aromatic heterocycles. The monoisotopic (exact) mass is 322 g/mol. The summed E-state index contributed by atoms with van der Waals surface area (Å²) in [5, 5.41) is 20.7. The van der Waals surface area contributed by atoms with Crippen LogP contribution in [0.15, 0.2) is 28.5 Å². The van der Waals surface area contributed by atoms with E-state index in [0.29, 0.717) is 0 Å². The maximum absolute atomic E-state index is 11.7. The van der Waals surface area contributed by atoms with E-state index in [2.05, 4.69) is 29.7 Å². The molecule has 11 nitrogen and oxygen atoms in total. The number of anilines is 1. The van der Waals surface area contributed by atoms with Gasteiger partial charge in [-0.05, 0) is 16.4 Å². The van der Waals surface area contributed by atoms with E-state index in [-0.39, 0.29) is 22.4 Å². The van der Waals surface area contributed by atoms with Crippen LogP contribution in [0, 0.1) is 10.1 Å². The average Bonchev–Trinajstić information content (AvgIpc) is 3.02. The van der Waals surface area contributed by atoms with Gasteiger partial charge in [-0.3, -0.25) is 10.1 Å². The Balaban J connectivity index is 2.57. The summed E-state index contributed by atoms with van der Waals surface area (Å²) in [7, 11) is 2.19. The quantitative estimate of drug-likeness (QED) is 0.362. The number of hydrogen-bond donors (Lipinski definition) is 1. The molecule has 1 N–H and O–H groups in total. The van der Waals surface area contributed by atoms with E-state index in [0.717, 1.165) is 26.4 Å². The van der Waals surface area contributed by atoms with E-state index >= 15 is 0 Å². The van der Waals surface area contributed by atoms with Crippen molar-refractivity contribution in [3.05, 3.63) is 34.0 Å². The van der Waals surface area contributed by atoms with E-state index in [1.54, 1.807) is 0 Å². The maximum Gasteiger partial charge on any atom is 0.354 e. The van der Waals surface area contributed by atoms with Gasteiger partial charge in [0.2, 0.25) is 0 Å². The fourth-order valence-corrected chi connectivity index (χ4v) is 1.68. The summed E-state index contributed by atoms with van der Waals surface area (Å²) in [5.41, 5.74) is -0.709. The number of nitro benzene ring substituents is 1. The van der Waals surface area contributed by atoms with Gasteiger partial charge in [-0.2, -0.15) is 0 Å². The first-order valence-corrected chi connectivity index (χ1v) is 6.02. The van der Waals surface area contributed by atoms with Crippen molar-refractivity contribution in [2.24, 2.45) is 0 Å². The summed E-state index contributed by atoms with van der Waals surface area (Å²) < 4.78 is 13.5. The van der Waals surface area contributed by atoms with Crippen LogP contribution < -0.4 is 5.32 Å². The Morgan fingerprint density at radius 1 is 1.30 bits per heavy atom. The lowest BCUT2D eigenvalue weighted by Gasteiger charge is -2.09. The van der Waals surface area contributed by atoms with Gasteiger partial charge in [-0.25, -0.2) is 14.2 Å². The molecule has 0 spiro atoms. The summed E-state index contributed by atoms with van der Waals surface area (Å²) >= 11 is 0. The molecular weight excluding hydrogens is 312 g/mol. The van der Waals surface area contributed by atoms with Gasteiger partial charge < -0.3 is 14.8 Å². The summed E-state index contributed by atoms with van der Waals surface area (Å²) in [4.78, 5) is 33.5. The molecule has 0 fully saturated rings. The molecule has 0 aliphatic rings. The van der Waals surface area contributed by atoms with Crippen molar-refractivity contribution in [1.82, 2.24) is 10.3 Å². The Hall–Kier alpha value is -3.50. The van der Waals surface area contributed by atoms with Crippen LogP contribution in [-0.2, 0) is 19.1 Å². The number of aromatic nitrogens is 2. The number of nitrogens with zero attached hydrogens (tertiary/aromatic N) is 3. The Kier molecular flexibility index (Phi) is 4.50. The topological polar surface area (TPSA) is 147 Å². The highest BCUT2D eigenvalue weighted by molar-refractivity contribution is 6.02. The van der Waals surface area contributed by atoms with Crippen molar-refractivity contribution >= 4 is 34.3 Å². The van der Waals surface area contributed by atoms with Crippen LogP contribution in [0.2, 0.25) is 0 Å². The van der Waals surface area contributed by atoms with Crippen molar-refractivity contribution in [2.75, 3.05) is 19.5 Å². The Morgan fingerprint density at radius 2 is 2.04 bits per heavy atom. The first-order chi connectivity index (χ1) is 11.0. The van der Waals surface area contributed by atoms with Crippen molar-refractivity contribution in [1.29, 1.82) is 0 Å². The second-order valence-electron chi connectivity index (χ2n) is 4.05.